The minimum Gasteiger partial charge on any atom is -0.478 e. The standard InChI is InChI=1S/C30H35ClN2O3S/c1-30(2,17-20-13-21-7-4-5-8-22(21)14-20)32-18-25(34)19-33(3)37-26-10-6-9-23(15-26)24-11-12-28(31)27(16-24)29(35)36/h4-12,15-16,20,25,32,34H,13-14,17-19H2,1-3H3,(H,35,36)/t25-/m1/s1. The fourth-order valence-corrected chi connectivity index (χ4v) is 6.29. The SMILES string of the molecule is CN(C[C@H](O)CNC(C)(C)CC1Cc2ccccc2C1)Sc1cccc(-c2ccc(Cl)c(C(=O)O)c2)c1. The van der Waals surface area contributed by atoms with E-state index in [1.165, 1.54) is 11.1 Å². The molecule has 4 rings (SSSR count). The Morgan fingerprint density at radius 3 is 2.43 bits per heavy atom. The van der Waals surface area contributed by atoms with E-state index in [2.05, 4.69) is 43.4 Å². The van der Waals surface area contributed by atoms with Crippen LogP contribution in [0.5, 0.6) is 0 Å². The Morgan fingerprint density at radius 2 is 1.76 bits per heavy atom. The van der Waals surface area contributed by atoms with E-state index < -0.39 is 12.1 Å². The number of rotatable bonds is 11. The highest BCUT2D eigenvalue weighted by Gasteiger charge is 2.28. The van der Waals surface area contributed by atoms with Gasteiger partial charge in [-0.1, -0.05) is 54.1 Å². The summed E-state index contributed by atoms with van der Waals surface area (Å²) < 4.78 is 2.02. The van der Waals surface area contributed by atoms with Gasteiger partial charge in [0, 0.05) is 23.5 Å². The van der Waals surface area contributed by atoms with E-state index in [4.69, 9.17) is 11.6 Å². The third-order valence-electron chi connectivity index (χ3n) is 6.84. The van der Waals surface area contributed by atoms with Crippen LogP contribution in [0.15, 0.2) is 71.6 Å². The number of fused-ring (bicyclic) bond motifs is 1. The molecular formula is C30H35ClN2O3S. The zero-order valence-electron chi connectivity index (χ0n) is 21.6. The number of halogens is 1. The predicted octanol–water partition coefficient (Wildman–Crippen LogP) is 6.18. The van der Waals surface area contributed by atoms with E-state index in [0.29, 0.717) is 19.0 Å². The van der Waals surface area contributed by atoms with Crippen molar-refractivity contribution in [2.45, 2.75) is 49.6 Å². The maximum atomic E-state index is 11.4. The van der Waals surface area contributed by atoms with Crippen LogP contribution in [0.2, 0.25) is 5.02 Å². The number of benzene rings is 3. The van der Waals surface area contributed by atoms with Gasteiger partial charge in [-0.2, -0.15) is 0 Å². The molecular weight excluding hydrogens is 504 g/mol. The van der Waals surface area contributed by atoms with Crippen LogP contribution in [0.1, 0.15) is 41.8 Å². The second-order valence-corrected chi connectivity index (χ2v) is 12.3. The number of carbonyl (C=O) groups is 1. The first-order valence-corrected chi connectivity index (χ1v) is 13.8. The van der Waals surface area contributed by atoms with Crippen molar-refractivity contribution in [3.63, 3.8) is 0 Å². The summed E-state index contributed by atoms with van der Waals surface area (Å²) in [5, 5.41) is 23.9. The Labute approximate surface area is 229 Å². The average Bonchev–Trinajstić information content (AvgIpc) is 3.24. The summed E-state index contributed by atoms with van der Waals surface area (Å²) in [6.45, 7) is 5.48. The highest BCUT2D eigenvalue weighted by atomic mass is 35.5. The molecule has 37 heavy (non-hydrogen) atoms. The van der Waals surface area contributed by atoms with Gasteiger partial charge in [-0.15, -0.1) is 0 Å². The lowest BCUT2D eigenvalue weighted by molar-refractivity contribution is 0.0697. The van der Waals surface area contributed by atoms with E-state index in [9.17, 15) is 15.0 Å². The monoisotopic (exact) mass is 538 g/mol. The first kappa shape index (κ1) is 27.7. The molecule has 196 valence electrons. The summed E-state index contributed by atoms with van der Waals surface area (Å²) in [6, 6.07) is 21.7. The van der Waals surface area contributed by atoms with Gasteiger partial charge in [-0.3, -0.25) is 0 Å². The Morgan fingerprint density at radius 1 is 1.08 bits per heavy atom. The number of hydrogen-bond acceptors (Lipinski definition) is 5. The van der Waals surface area contributed by atoms with Crippen molar-refractivity contribution in [1.82, 2.24) is 9.62 Å². The number of hydrogen-bond donors (Lipinski definition) is 3. The third kappa shape index (κ3) is 7.59. The topological polar surface area (TPSA) is 72.8 Å². The van der Waals surface area contributed by atoms with Crippen LogP contribution >= 0.6 is 23.5 Å². The van der Waals surface area contributed by atoms with Gasteiger partial charge in [-0.05, 0) is 105 Å². The van der Waals surface area contributed by atoms with Gasteiger partial charge in [0.15, 0.2) is 0 Å². The molecule has 3 N–H and O–H groups in total. The summed E-state index contributed by atoms with van der Waals surface area (Å²) in [4.78, 5) is 12.5. The van der Waals surface area contributed by atoms with Gasteiger partial charge in [0.25, 0.3) is 0 Å². The zero-order valence-corrected chi connectivity index (χ0v) is 23.1. The molecule has 0 heterocycles. The van der Waals surface area contributed by atoms with Gasteiger partial charge in [0.2, 0.25) is 0 Å². The summed E-state index contributed by atoms with van der Waals surface area (Å²) in [6.07, 6.45) is 2.83. The number of aliphatic hydroxyl groups is 1. The van der Waals surface area contributed by atoms with Crippen LogP contribution < -0.4 is 5.32 Å². The van der Waals surface area contributed by atoms with Gasteiger partial charge < -0.3 is 15.5 Å². The molecule has 0 aromatic heterocycles. The number of aliphatic hydroxyl groups excluding tert-OH is 1. The van der Waals surface area contributed by atoms with Crippen molar-refractivity contribution in [1.29, 1.82) is 0 Å². The third-order valence-corrected chi connectivity index (χ3v) is 8.10. The minimum absolute atomic E-state index is 0.0544. The Kier molecular flexibility index (Phi) is 8.98. The maximum absolute atomic E-state index is 11.4. The zero-order chi connectivity index (χ0) is 26.6. The molecule has 5 nitrogen and oxygen atoms in total. The van der Waals surface area contributed by atoms with Gasteiger partial charge in [0.05, 0.1) is 16.7 Å². The van der Waals surface area contributed by atoms with Gasteiger partial charge >= 0.3 is 5.97 Å². The minimum atomic E-state index is -1.05. The van der Waals surface area contributed by atoms with E-state index in [-0.39, 0.29) is 16.1 Å². The van der Waals surface area contributed by atoms with Crippen LogP contribution in [0, 0.1) is 5.92 Å². The molecule has 0 aliphatic heterocycles. The molecule has 0 amide bonds. The molecule has 0 fully saturated rings. The van der Waals surface area contributed by atoms with Crippen molar-refractivity contribution >= 4 is 29.5 Å². The highest BCUT2D eigenvalue weighted by Crippen LogP contribution is 2.32. The van der Waals surface area contributed by atoms with Crippen LogP contribution in [0.4, 0.5) is 0 Å². The smallest absolute Gasteiger partial charge is 0.337 e. The Balaban J connectivity index is 1.27. The summed E-state index contributed by atoms with van der Waals surface area (Å²) in [5.74, 6) is -0.411. The molecule has 0 bridgehead atoms. The van der Waals surface area contributed by atoms with Gasteiger partial charge in [-0.25, -0.2) is 9.10 Å². The molecule has 1 atom stereocenters. The maximum Gasteiger partial charge on any atom is 0.337 e. The molecule has 1 aliphatic rings. The lowest BCUT2D eigenvalue weighted by atomic mass is 9.88. The molecule has 0 radical (unpaired) electrons. The molecule has 7 heteroatoms. The second-order valence-electron chi connectivity index (χ2n) is 10.6. The van der Waals surface area contributed by atoms with Gasteiger partial charge in [0.1, 0.15) is 0 Å². The number of likely N-dealkylation sites (N-methyl/N-ethyl adjacent to an activating group) is 1. The fourth-order valence-electron chi connectivity index (χ4n) is 5.16. The molecule has 1 aliphatic carbocycles. The predicted molar refractivity (Wildman–Crippen MR) is 152 cm³/mol. The first-order valence-electron chi connectivity index (χ1n) is 12.6. The number of carboxylic acid groups (broad SMARTS) is 1. The van der Waals surface area contributed by atoms with E-state index >= 15 is 0 Å². The number of aromatic carboxylic acids is 1. The van der Waals surface area contributed by atoms with Crippen molar-refractivity contribution in [2.24, 2.45) is 5.92 Å². The van der Waals surface area contributed by atoms with Crippen LogP contribution in [0.3, 0.4) is 0 Å². The summed E-state index contributed by atoms with van der Waals surface area (Å²) in [7, 11) is 1.96. The molecule has 0 unspecified atom stereocenters. The highest BCUT2D eigenvalue weighted by molar-refractivity contribution is 7.97. The molecule has 0 saturated heterocycles. The lowest BCUT2D eigenvalue weighted by Gasteiger charge is -2.31. The normalized spacial score (nSPS) is 14.6. The summed E-state index contributed by atoms with van der Waals surface area (Å²) >= 11 is 7.57. The first-order chi connectivity index (χ1) is 17.6. The fraction of sp³-hybridized carbons (Fsp3) is 0.367. The molecule has 3 aromatic rings. The average molecular weight is 539 g/mol. The van der Waals surface area contributed by atoms with E-state index in [1.54, 1.807) is 24.1 Å². The van der Waals surface area contributed by atoms with E-state index in [0.717, 1.165) is 35.3 Å². The summed E-state index contributed by atoms with van der Waals surface area (Å²) in [5.41, 5.74) is 4.69. The van der Waals surface area contributed by atoms with Crippen molar-refractivity contribution in [3.05, 3.63) is 88.4 Å². The van der Waals surface area contributed by atoms with Crippen LogP contribution in [-0.4, -0.2) is 52.3 Å². The lowest BCUT2D eigenvalue weighted by Crippen LogP contribution is -2.46. The quantitative estimate of drug-likeness (QED) is 0.253. The Hall–Kier alpha value is -2.35. The number of β-amino-alcohol motifs (C(OH)–C–C–N with tert-alkyl or cyclic N) is 1. The largest absolute Gasteiger partial charge is 0.478 e. The molecule has 0 spiro atoms. The second kappa shape index (κ2) is 12.0. The van der Waals surface area contributed by atoms with E-state index in [1.807, 2.05) is 41.7 Å². The van der Waals surface area contributed by atoms with Crippen LogP contribution in [-0.2, 0) is 12.8 Å². The van der Waals surface area contributed by atoms with Crippen molar-refractivity contribution < 1.29 is 15.0 Å². The number of carboxylic acids is 1. The van der Waals surface area contributed by atoms with Crippen molar-refractivity contribution in [2.75, 3.05) is 20.1 Å². The molecule has 3 aromatic carbocycles. The molecule has 0 saturated carbocycles. The Bertz CT molecular complexity index is 1220. The van der Waals surface area contributed by atoms with Crippen LogP contribution in [0.25, 0.3) is 11.1 Å². The number of nitrogens with zero attached hydrogens (tertiary/aromatic N) is 1. The number of nitrogens with one attached hydrogen (secondary N) is 1. The van der Waals surface area contributed by atoms with Crippen molar-refractivity contribution in [3.8, 4) is 11.1 Å².